The molecule has 0 unspecified atom stereocenters. The summed E-state index contributed by atoms with van der Waals surface area (Å²) >= 11 is 0. The summed E-state index contributed by atoms with van der Waals surface area (Å²) in [5, 5.41) is 14.9. The summed E-state index contributed by atoms with van der Waals surface area (Å²) in [6.45, 7) is 13.2. The van der Waals surface area contributed by atoms with E-state index in [0.29, 0.717) is 16.4 Å². The number of benzene rings is 2. The molecule has 0 saturated heterocycles. The van der Waals surface area contributed by atoms with Crippen LogP contribution in [0.3, 0.4) is 0 Å². The lowest BCUT2D eigenvalue weighted by Gasteiger charge is -2.30. The van der Waals surface area contributed by atoms with Gasteiger partial charge in [0.05, 0.1) is 5.69 Å². The van der Waals surface area contributed by atoms with Crippen LogP contribution in [0.5, 0.6) is 5.75 Å². The molecule has 0 aliphatic carbocycles. The second-order valence-corrected chi connectivity index (χ2v) is 9.76. The molecule has 35 heavy (non-hydrogen) atoms. The molecule has 9 heteroatoms. The van der Waals surface area contributed by atoms with Crippen LogP contribution in [-0.2, 0) is 10.8 Å². The van der Waals surface area contributed by atoms with Gasteiger partial charge in [-0.25, -0.2) is 20.1 Å². The van der Waals surface area contributed by atoms with Crippen molar-refractivity contribution in [3.63, 3.8) is 0 Å². The standard InChI is InChI=1S/C26H39N5O4/c1-8-25(3,4)18-10-15-22(21(16-18)26(5,6)9-2)35-17-27-23(32)28-19-11-13-20(14-12-19)29-30-24(33)31(7)34/h10-16,29,34H,8-9,17H2,1-7H3,(H,30,33)(H2,27,28,32). The minimum atomic E-state index is -0.708. The zero-order valence-corrected chi connectivity index (χ0v) is 21.8. The fourth-order valence-electron chi connectivity index (χ4n) is 3.20. The maximum atomic E-state index is 12.3. The van der Waals surface area contributed by atoms with Gasteiger partial charge >= 0.3 is 12.1 Å². The second-order valence-electron chi connectivity index (χ2n) is 9.76. The first kappa shape index (κ1) is 27.8. The molecule has 0 spiro atoms. The Bertz CT molecular complexity index is 1000. The predicted molar refractivity (Wildman–Crippen MR) is 139 cm³/mol. The lowest BCUT2D eigenvalue weighted by atomic mass is 9.76. The first-order chi connectivity index (χ1) is 16.4. The highest BCUT2D eigenvalue weighted by Gasteiger charge is 2.26. The minimum Gasteiger partial charge on any atom is -0.473 e. The molecule has 4 amide bonds. The van der Waals surface area contributed by atoms with E-state index in [1.807, 2.05) is 6.07 Å². The SMILES string of the molecule is CCC(C)(C)c1ccc(OCNC(=O)Nc2ccc(NNC(=O)N(C)O)cc2)c(C(C)(C)CC)c1. The molecule has 0 fully saturated rings. The monoisotopic (exact) mass is 485 g/mol. The van der Waals surface area contributed by atoms with Crippen LogP contribution in [-0.4, -0.2) is 36.1 Å². The summed E-state index contributed by atoms with van der Waals surface area (Å²) in [6, 6.07) is 11.9. The number of hydrogen-bond acceptors (Lipinski definition) is 5. The number of hydrogen-bond donors (Lipinski definition) is 5. The van der Waals surface area contributed by atoms with Crippen LogP contribution >= 0.6 is 0 Å². The van der Waals surface area contributed by atoms with Gasteiger partial charge in [0, 0.05) is 18.3 Å². The van der Waals surface area contributed by atoms with E-state index in [1.165, 1.54) is 12.6 Å². The van der Waals surface area contributed by atoms with Crippen LogP contribution in [0.2, 0.25) is 0 Å². The van der Waals surface area contributed by atoms with Crippen molar-refractivity contribution in [1.82, 2.24) is 15.8 Å². The van der Waals surface area contributed by atoms with Crippen molar-refractivity contribution in [2.45, 2.75) is 65.2 Å². The molecule has 0 saturated carbocycles. The van der Waals surface area contributed by atoms with Gasteiger partial charge in [0.25, 0.3) is 0 Å². The molecule has 2 aromatic carbocycles. The summed E-state index contributed by atoms with van der Waals surface area (Å²) in [4.78, 5) is 23.7. The maximum Gasteiger partial charge on any atom is 0.359 e. The van der Waals surface area contributed by atoms with E-state index in [4.69, 9.17) is 9.94 Å². The van der Waals surface area contributed by atoms with E-state index in [0.717, 1.165) is 24.2 Å². The second kappa shape index (κ2) is 11.8. The first-order valence-corrected chi connectivity index (χ1v) is 11.8. The largest absolute Gasteiger partial charge is 0.473 e. The lowest BCUT2D eigenvalue weighted by molar-refractivity contribution is -0.0174. The van der Waals surface area contributed by atoms with Crippen molar-refractivity contribution in [2.75, 3.05) is 24.5 Å². The molecule has 0 aromatic heterocycles. The zero-order chi connectivity index (χ0) is 26.2. The number of urea groups is 2. The molecule has 192 valence electrons. The Morgan fingerprint density at radius 3 is 2.11 bits per heavy atom. The Labute approximate surface area is 208 Å². The number of rotatable bonds is 10. The zero-order valence-electron chi connectivity index (χ0n) is 21.8. The number of anilines is 2. The third kappa shape index (κ3) is 7.78. The molecular weight excluding hydrogens is 446 g/mol. The summed E-state index contributed by atoms with van der Waals surface area (Å²) in [5.74, 6) is 0.763. The van der Waals surface area contributed by atoms with Crippen molar-refractivity contribution < 1.29 is 19.5 Å². The molecule has 0 aliphatic heterocycles. The summed E-state index contributed by atoms with van der Waals surface area (Å²) < 4.78 is 5.98. The van der Waals surface area contributed by atoms with Gasteiger partial charge in [-0.3, -0.25) is 10.6 Å². The van der Waals surface area contributed by atoms with E-state index in [1.54, 1.807) is 24.3 Å². The average Bonchev–Trinajstić information content (AvgIpc) is 2.83. The highest BCUT2D eigenvalue weighted by Crippen LogP contribution is 2.38. The first-order valence-electron chi connectivity index (χ1n) is 11.8. The molecule has 0 radical (unpaired) electrons. The van der Waals surface area contributed by atoms with Gasteiger partial charge in [-0.1, -0.05) is 53.7 Å². The van der Waals surface area contributed by atoms with Crippen LogP contribution in [0.15, 0.2) is 42.5 Å². The molecule has 5 N–H and O–H groups in total. The van der Waals surface area contributed by atoms with Crippen molar-refractivity contribution in [3.8, 4) is 5.75 Å². The van der Waals surface area contributed by atoms with Crippen molar-refractivity contribution in [1.29, 1.82) is 0 Å². The van der Waals surface area contributed by atoms with Crippen LogP contribution in [0.25, 0.3) is 0 Å². The number of ether oxygens (including phenoxy) is 1. The summed E-state index contributed by atoms with van der Waals surface area (Å²) in [5.41, 5.74) is 8.50. The third-order valence-corrected chi connectivity index (χ3v) is 6.47. The van der Waals surface area contributed by atoms with E-state index in [9.17, 15) is 9.59 Å². The molecule has 0 atom stereocenters. The maximum absolute atomic E-state index is 12.3. The lowest BCUT2D eigenvalue weighted by Crippen LogP contribution is -2.38. The smallest absolute Gasteiger partial charge is 0.359 e. The van der Waals surface area contributed by atoms with E-state index in [2.05, 4.69) is 75.2 Å². The van der Waals surface area contributed by atoms with Gasteiger partial charge in [-0.05, 0) is 59.6 Å². The number of carbonyl (C=O) groups is 2. The highest BCUT2D eigenvalue weighted by atomic mass is 16.5. The molecule has 2 aromatic rings. The van der Waals surface area contributed by atoms with Crippen molar-refractivity contribution >= 4 is 23.4 Å². The van der Waals surface area contributed by atoms with Gasteiger partial charge in [0.15, 0.2) is 6.73 Å². The number of hydroxylamine groups is 2. The van der Waals surface area contributed by atoms with Crippen molar-refractivity contribution in [3.05, 3.63) is 53.6 Å². The fraction of sp³-hybridized carbons (Fsp3) is 0.462. The number of hydrazine groups is 1. The summed E-state index contributed by atoms with van der Waals surface area (Å²) in [6.07, 6.45) is 1.99. The van der Waals surface area contributed by atoms with Gasteiger partial charge in [-0.15, -0.1) is 0 Å². The topological polar surface area (TPSA) is 115 Å². The van der Waals surface area contributed by atoms with E-state index >= 15 is 0 Å². The molecular formula is C26H39N5O4. The Kier molecular flexibility index (Phi) is 9.36. The third-order valence-electron chi connectivity index (χ3n) is 6.47. The van der Waals surface area contributed by atoms with Gasteiger partial charge in [-0.2, -0.15) is 0 Å². The van der Waals surface area contributed by atoms with Gasteiger partial charge in [0.2, 0.25) is 0 Å². The minimum absolute atomic E-state index is 0.0233. The number of nitrogens with zero attached hydrogens (tertiary/aromatic N) is 1. The predicted octanol–water partition coefficient (Wildman–Crippen LogP) is 5.58. The molecule has 0 bridgehead atoms. The Morgan fingerprint density at radius 2 is 1.54 bits per heavy atom. The van der Waals surface area contributed by atoms with Crippen LogP contribution in [0.4, 0.5) is 21.0 Å². The Balaban J connectivity index is 1.96. The quantitative estimate of drug-likeness (QED) is 0.171. The summed E-state index contributed by atoms with van der Waals surface area (Å²) in [7, 11) is 1.21. The van der Waals surface area contributed by atoms with E-state index in [-0.39, 0.29) is 17.6 Å². The van der Waals surface area contributed by atoms with Gasteiger partial charge in [0.1, 0.15) is 5.75 Å². The number of carbonyl (C=O) groups excluding carboxylic acids is 2. The Hall–Kier alpha value is -3.46. The molecule has 0 aliphatic rings. The highest BCUT2D eigenvalue weighted by molar-refractivity contribution is 5.89. The van der Waals surface area contributed by atoms with Gasteiger partial charge < -0.3 is 15.4 Å². The van der Waals surface area contributed by atoms with Crippen LogP contribution in [0, 0.1) is 0 Å². The molecule has 9 nitrogen and oxygen atoms in total. The molecule has 2 rings (SSSR count). The Morgan fingerprint density at radius 1 is 0.943 bits per heavy atom. The normalized spacial score (nSPS) is 11.4. The van der Waals surface area contributed by atoms with Crippen LogP contribution < -0.4 is 26.2 Å². The van der Waals surface area contributed by atoms with Crippen LogP contribution in [0.1, 0.15) is 65.5 Å². The number of amides is 4. The number of nitrogens with one attached hydrogen (secondary N) is 4. The molecule has 0 heterocycles. The average molecular weight is 486 g/mol. The fourth-order valence-corrected chi connectivity index (χ4v) is 3.20. The van der Waals surface area contributed by atoms with E-state index < -0.39 is 12.1 Å². The van der Waals surface area contributed by atoms with Crippen molar-refractivity contribution in [2.24, 2.45) is 0 Å².